The van der Waals surface area contributed by atoms with Crippen LogP contribution in [0, 0.1) is 0 Å². The number of methoxy groups -OCH3 is 1. The third kappa shape index (κ3) is 7.69. The monoisotopic (exact) mass is 438 g/mol. The summed E-state index contributed by atoms with van der Waals surface area (Å²) < 4.78 is 56.3. The van der Waals surface area contributed by atoms with Gasteiger partial charge < -0.3 is 18.9 Å². The minimum atomic E-state index is -4.81. The van der Waals surface area contributed by atoms with E-state index < -0.39 is 29.7 Å². The number of carbonyl (C=O) groups excluding carboxylic acids is 2. The topological polar surface area (TPSA) is 71.1 Å². The zero-order chi connectivity index (χ0) is 23.2. The van der Waals surface area contributed by atoms with Crippen molar-refractivity contribution < 1.29 is 41.7 Å². The SMILES string of the molecule is COC(=O)c1c(C=CC(=O)OC(C)(C)C)cccc1Oc1ccc(OC(F)(F)F)cc1. The third-order valence-corrected chi connectivity index (χ3v) is 3.54. The van der Waals surface area contributed by atoms with Crippen molar-refractivity contribution in [2.45, 2.75) is 32.7 Å². The summed E-state index contributed by atoms with van der Waals surface area (Å²) in [5.74, 6) is -1.50. The molecule has 2 rings (SSSR count). The molecule has 0 aliphatic carbocycles. The minimum Gasteiger partial charge on any atom is -0.465 e. The van der Waals surface area contributed by atoms with Crippen molar-refractivity contribution >= 4 is 18.0 Å². The van der Waals surface area contributed by atoms with Crippen LogP contribution in [0.2, 0.25) is 0 Å². The van der Waals surface area contributed by atoms with Crippen LogP contribution in [0.4, 0.5) is 13.2 Å². The molecule has 0 fully saturated rings. The van der Waals surface area contributed by atoms with E-state index in [1.54, 1.807) is 32.9 Å². The van der Waals surface area contributed by atoms with E-state index in [9.17, 15) is 22.8 Å². The van der Waals surface area contributed by atoms with E-state index in [0.717, 1.165) is 12.1 Å². The molecule has 0 atom stereocenters. The molecule has 0 unspecified atom stereocenters. The van der Waals surface area contributed by atoms with Gasteiger partial charge in [0.2, 0.25) is 0 Å². The van der Waals surface area contributed by atoms with E-state index in [2.05, 4.69) is 4.74 Å². The molecule has 2 aromatic rings. The number of esters is 2. The van der Waals surface area contributed by atoms with Gasteiger partial charge in [0.1, 0.15) is 28.4 Å². The molecule has 0 N–H and O–H groups in total. The largest absolute Gasteiger partial charge is 0.573 e. The highest BCUT2D eigenvalue weighted by molar-refractivity contribution is 5.98. The molecular weight excluding hydrogens is 417 g/mol. The number of hydrogen-bond acceptors (Lipinski definition) is 6. The Hall–Kier alpha value is -3.49. The normalized spacial score (nSPS) is 11.8. The van der Waals surface area contributed by atoms with Crippen molar-refractivity contribution in [2.75, 3.05) is 7.11 Å². The summed E-state index contributed by atoms with van der Waals surface area (Å²) in [7, 11) is 1.18. The third-order valence-electron chi connectivity index (χ3n) is 3.54. The average molecular weight is 438 g/mol. The lowest BCUT2D eigenvalue weighted by molar-refractivity contribution is -0.274. The quantitative estimate of drug-likeness (QED) is 0.437. The number of rotatable bonds is 6. The average Bonchev–Trinajstić information content (AvgIpc) is 2.65. The molecule has 166 valence electrons. The van der Waals surface area contributed by atoms with E-state index in [1.165, 1.54) is 37.5 Å². The van der Waals surface area contributed by atoms with Gasteiger partial charge in [-0.15, -0.1) is 13.2 Å². The van der Waals surface area contributed by atoms with Gasteiger partial charge in [-0.3, -0.25) is 0 Å². The van der Waals surface area contributed by atoms with Gasteiger partial charge in [-0.2, -0.15) is 0 Å². The van der Waals surface area contributed by atoms with Gasteiger partial charge in [0.25, 0.3) is 0 Å². The fourth-order valence-corrected chi connectivity index (χ4v) is 2.42. The summed E-state index contributed by atoms with van der Waals surface area (Å²) in [6, 6.07) is 9.30. The minimum absolute atomic E-state index is 0.0282. The highest BCUT2D eigenvalue weighted by Crippen LogP contribution is 2.31. The van der Waals surface area contributed by atoms with E-state index in [-0.39, 0.29) is 17.1 Å². The van der Waals surface area contributed by atoms with E-state index in [1.807, 2.05) is 0 Å². The Kier molecular flexibility index (Phi) is 7.32. The highest BCUT2D eigenvalue weighted by atomic mass is 19.4. The predicted octanol–water partition coefficient (Wildman–Crippen LogP) is 5.52. The molecule has 0 amide bonds. The van der Waals surface area contributed by atoms with Gasteiger partial charge in [-0.25, -0.2) is 9.59 Å². The van der Waals surface area contributed by atoms with Crippen LogP contribution in [-0.2, 0) is 14.3 Å². The molecule has 2 aromatic carbocycles. The molecule has 0 bridgehead atoms. The van der Waals surface area contributed by atoms with Crippen LogP contribution < -0.4 is 9.47 Å². The lowest BCUT2D eigenvalue weighted by Gasteiger charge is -2.18. The summed E-state index contributed by atoms with van der Waals surface area (Å²) in [6.45, 7) is 5.16. The number of alkyl halides is 3. The fraction of sp³-hybridized carbons (Fsp3) is 0.273. The van der Waals surface area contributed by atoms with Crippen LogP contribution in [-0.4, -0.2) is 31.0 Å². The van der Waals surface area contributed by atoms with Gasteiger partial charge in [0.05, 0.1) is 7.11 Å². The number of benzene rings is 2. The van der Waals surface area contributed by atoms with Crippen molar-refractivity contribution in [3.8, 4) is 17.2 Å². The number of ether oxygens (including phenoxy) is 4. The van der Waals surface area contributed by atoms with Crippen molar-refractivity contribution in [1.29, 1.82) is 0 Å². The van der Waals surface area contributed by atoms with Crippen LogP contribution in [0.5, 0.6) is 17.2 Å². The van der Waals surface area contributed by atoms with Gasteiger partial charge in [0.15, 0.2) is 0 Å². The second-order valence-electron chi connectivity index (χ2n) is 7.20. The molecule has 9 heteroatoms. The Morgan fingerprint density at radius 3 is 2.10 bits per heavy atom. The van der Waals surface area contributed by atoms with E-state index in [0.29, 0.717) is 5.56 Å². The van der Waals surface area contributed by atoms with E-state index in [4.69, 9.17) is 14.2 Å². The molecule has 0 saturated heterocycles. The first-order chi connectivity index (χ1) is 14.4. The van der Waals surface area contributed by atoms with Gasteiger partial charge in [0, 0.05) is 6.08 Å². The first-order valence-electron chi connectivity index (χ1n) is 9.04. The predicted molar refractivity (Wildman–Crippen MR) is 106 cm³/mol. The zero-order valence-corrected chi connectivity index (χ0v) is 17.3. The summed E-state index contributed by atoms with van der Waals surface area (Å²) in [5, 5.41) is 0. The second kappa shape index (κ2) is 9.55. The Bertz CT molecular complexity index is 957. The Balaban J connectivity index is 2.30. The summed E-state index contributed by atoms with van der Waals surface area (Å²) in [5.41, 5.74) is -0.327. The number of hydrogen-bond donors (Lipinski definition) is 0. The molecule has 0 spiro atoms. The molecule has 0 aliphatic rings. The Morgan fingerprint density at radius 2 is 1.55 bits per heavy atom. The molecule has 0 aromatic heterocycles. The maximum absolute atomic E-state index is 12.3. The molecule has 6 nitrogen and oxygen atoms in total. The van der Waals surface area contributed by atoms with Crippen molar-refractivity contribution in [3.63, 3.8) is 0 Å². The summed E-state index contributed by atoms with van der Waals surface area (Å²) >= 11 is 0. The van der Waals surface area contributed by atoms with Gasteiger partial charge >= 0.3 is 18.3 Å². The lowest BCUT2D eigenvalue weighted by atomic mass is 10.1. The first-order valence-corrected chi connectivity index (χ1v) is 9.04. The van der Waals surface area contributed by atoms with Gasteiger partial charge in [-0.05, 0) is 62.7 Å². The second-order valence-corrected chi connectivity index (χ2v) is 7.20. The van der Waals surface area contributed by atoms with Crippen LogP contribution >= 0.6 is 0 Å². The zero-order valence-electron chi connectivity index (χ0n) is 17.3. The molecular formula is C22H21F3O6. The molecule has 31 heavy (non-hydrogen) atoms. The molecule has 0 radical (unpaired) electrons. The molecule has 0 aliphatic heterocycles. The Labute approximate surface area is 177 Å². The molecule has 0 saturated carbocycles. The van der Waals surface area contributed by atoms with Crippen LogP contribution in [0.3, 0.4) is 0 Å². The Morgan fingerprint density at radius 1 is 0.935 bits per heavy atom. The summed E-state index contributed by atoms with van der Waals surface area (Å²) in [6.07, 6.45) is -2.26. The van der Waals surface area contributed by atoms with Crippen molar-refractivity contribution in [1.82, 2.24) is 0 Å². The number of carbonyl (C=O) groups is 2. The van der Waals surface area contributed by atoms with Crippen molar-refractivity contribution in [3.05, 3.63) is 59.7 Å². The van der Waals surface area contributed by atoms with E-state index >= 15 is 0 Å². The van der Waals surface area contributed by atoms with Crippen LogP contribution in [0.1, 0.15) is 36.7 Å². The number of halogens is 3. The molecule has 0 heterocycles. The first kappa shape index (κ1) is 23.8. The maximum Gasteiger partial charge on any atom is 0.573 e. The van der Waals surface area contributed by atoms with Crippen molar-refractivity contribution in [2.24, 2.45) is 0 Å². The smallest absolute Gasteiger partial charge is 0.465 e. The van der Waals surface area contributed by atoms with Crippen LogP contribution in [0.15, 0.2) is 48.5 Å². The standard InChI is InChI=1S/C22H21F3O6/c1-21(2,3)31-18(26)13-8-14-6-5-7-17(19(14)20(27)28-4)29-15-9-11-16(12-10-15)30-22(23,24)25/h5-13H,1-4H3. The van der Waals surface area contributed by atoms with Crippen LogP contribution in [0.25, 0.3) is 6.08 Å². The van der Waals surface area contributed by atoms with Gasteiger partial charge in [-0.1, -0.05) is 12.1 Å². The highest BCUT2D eigenvalue weighted by Gasteiger charge is 2.31. The fourth-order valence-electron chi connectivity index (χ4n) is 2.42. The summed E-state index contributed by atoms with van der Waals surface area (Å²) in [4.78, 5) is 24.3. The maximum atomic E-state index is 12.3. The lowest BCUT2D eigenvalue weighted by Crippen LogP contribution is -2.22.